The van der Waals surface area contributed by atoms with Gasteiger partial charge < -0.3 is 20.5 Å². The van der Waals surface area contributed by atoms with E-state index in [2.05, 4.69) is 5.32 Å². The molecule has 1 unspecified atom stereocenters. The summed E-state index contributed by atoms with van der Waals surface area (Å²) in [5.74, 6) is 0.816. The fraction of sp³-hybridized carbons (Fsp3) is 0.625. The van der Waals surface area contributed by atoms with Crippen LogP contribution in [-0.4, -0.2) is 25.4 Å². The molecule has 3 N–H and O–H groups in total. The molecule has 0 spiro atoms. The van der Waals surface area contributed by atoms with Gasteiger partial charge in [-0.2, -0.15) is 0 Å². The number of hydrogen-bond donors (Lipinski definition) is 2. The molecule has 0 radical (unpaired) electrons. The van der Waals surface area contributed by atoms with Crippen molar-refractivity contribution in [2.75, 3.05) is 24.2 Å². The lowest BCUT2D eigenvalue weighted by molar-refractivity contribution is 0.0134. The molecular formula is C16H26N2O2. The lowest BCUT2D eigenvalue weighted by Crippen LogP contribution is -2.22. The van der Waals surface area contributed by atoms with Crippen molar-refractivity contribution in [3.8, 4) is 5.75 Å². The summed E-state index contributed by atoms with van der Waals surface area (Å²) >= 11 is 0. The molecular weight excluding hydrogens is 252 g/mol. The van der Waals surface area contributed by atoms with E-state index in [1.165, 1.54) is 19.3 Å². The van der Waals surface area contributed by atoms with Gasteiger partial charge in [-0.25, -0.2) is 0 Å². The summed E-state index contributed by atoms with van der Waals surface area (Å²) < 4.78 is 11.4. The van der Waals surface area contributed by atoms with Crippen molar-refractivity contribution in [1.82, 2.24) is 0 Å². The summed E-state index contributed by atoms with van der Waals surface area (Å²) in [6, 6.07) is 5.79. The van der Waals surface area contributed by atoms with Gasteiger partial charge in [0.15, 0.2) is 0 Å². The summed E-state index contributed by atoms with van der Waals surface area (Å²) in [6.07, 6.45) is 5.27. The molecule has 0 aromatic heterocycles. The maximum atomic E-state index is 5.90. The predicted octanol–water partition coefficient (Wildman–Crippen LogP) is 3.43. The fourth-order valence-electron chi connectivity index (χ4n) is 2.48. The van der Waals surface area contributed by atoms with Gasteiger partial charge >= 0.3 is 0 Å². The van der Waals surface area contributed by atoms with Gasteiger partial charge in [0.05, 0.1) is 12.2 Å². The SMILES string of the molecule is CC(C)Oc1cc(N)cc(NCCC2CCCCO2)c1. The lowest BCUT2D eigenvalue weighted by Gasteiger charge is -2.22. The van der Waals surface area contributed by atoms with Crippen LogP contribution in [-0.2, 0) is 4.74 Å². The Morgan fingerprint density at radius 1 is 1.35 bits per heavy atom. The Labute approximate surface area is 121 Å². The highest BCUT2D eigenvalue weighted by Crippen LogP contribution is 2.24. The second-order valence-electron chi connectivity index (χ2n) is 5.66. The number of hydrogen-bond acceptors (Lipinski definition) is 4. The molecule has 1 aromatic rings. The Balaban J connectivity index is 1.83. The van der Waals surface area contributed by atoms with Crippen LogP contribution in [0.15, 0.2) is 18.2 Å². The third-order valence-corrected chi connectivity index (χ3v) is 3.37. The molecule has 0 bridgehead atoms. The highest BCUT2D eigenvalue weighted by molar-refractivity contribution is 5.59. The number of nitrogen functional groups attached to an aromatic ring is 1. The van der Waals surface area contributed by atoms with Crippen LogP contribution in [0.3, 0.4) is 0 Å². The minimum Gasteiger partial charge on any atom is -0.491 e. The largest absolute Gasteiger partial charge is 0.491 e. The maximum absolute atomic E-state index is 5.90. The molecule has 4 heteroatoms. The van der Waals surface area contributed by atoms with E-state index in [-0.39, 0.29) is 6.10 Å². The monoisotopic (exact) mass is 278 g/mol. The van der Waals surface area contributed by atoms with E-state index in [4.69, 9.17) is 15.2 Å². The second kappa shape index (κ2) is 7.39. The van der Waals surface area contributed by atoms with Crippen LogP contribution in [0.2, 0.25) is 0 Å². The van der Waals surface area contributed by atoms with E-state index in [0.29, 0.717) is 6.10 Å². The molecule has 1 aromatic carbocycles. The van der Waals surface area contributed by atoms with Crippen molar-refractivity contribution in [2.45, 2.75) is 51.7 Å². The Morgan fingerprint density at radius 2 is 2.20 bits per heavy atom. The number of rotatable bonds is 6. The first-order valence-electron chi connectivity index (χ1n) is 7.56. The number of nitrogens with two attached hydrogens (primary N) is 1. The quantitative estimate of drug-likeness (QED) is 0.783. The Kier molecular flexibility index (Phi) is 5.53. The van der Waals surface area contributed by atoms with Crippen LogP contribution in [0, 0.1) is 0 Å². The van der Waals surface area contributed by atoms with E-state index in [9.17, 15) is 0 Å². The average molecular weight is 278 g/mol. The zero-order valence-corrected chi connectivity index (χ0v) is 12.5. The minimum atomic E-state index is 0.153. The number of benzene rings is 1. The normalized spacial score (nSPS) is 19.1. The van der Waals surface area contributed by atoms with E-state index >= 15 is 0 Å². The third-order valence-electron chi connectivity index (χ3n) is 3.37. The van der Waals surface area contributed by atoms with E-state index in [0.717, 1.165) is 36.7 Å². The van der Waals surface area contributed by atoms with Crippen LogP contribution >= 0.6 is 0 Å². The van der Waals surface area contributed by atoms with Crippen molar-refractivity contribution in [3.63, 3.8) is 0 Å². The first-order chi connectivity index (χ1) is 9.63. The van der Waals surface area contributed by atoms with Crippen LogP contribution in [0.4, 0.5) is 11.4 Å². The Hall–Kier alpha value is -1.42. The van der Waals surface area contributed by atoms with Crippen molar-refractivity contribution >= 4 is 11.4 Å². The standard InChI is InChI=1S/C16H26N2O2/c1-12(2)20-16-10-13(17)9-14(11-16)18-7-6-15-5-3-4-8-19-15/h9-12,15,18H,3-8,17H2,1-2H3. The van der Waals surface area contributed by atoms with Gasteiger partial charge in [0, 0.05) is 36.7 Å². The number of anilines is 2. The average Bonchev–Trinajstić information content (AvgIpc) is 2.38. The molecule has 20 heavy (non-hydrogen) atoms. The number of ether oxygens (including phenoxy) is 2. The predicted molar refractivity (Wildman–Crippen MR) is 83.3 cm³/mol. The first-order valence-corrected chi connectivity index (χ1v) is 7.56. The highest BCUT2D eigenvalue weighted by atomic mass is 16.5. The van der Waals surface area contributed by atoms with Gasteiger partial charge in [0.2, 0.25) is 0 Å². The first kappa shape index (κ1) is 15.0. The molecule has 2 rings (SSSR count). The Bertz CT molecular complexity index is 415. The van der Waals surface area contributed by atoms with Crippen LogP contribution in [0.25, 0.3) is 0 Å². The molecule has 0 saturated carbocycles. The zero-order valence-electron chi connectivity index (χ0n) is 12.5. The van der Waals surface area contributed by atoms with E-state index in [1.54, 1.807) is 0 Å². The number of nitrogens with one attached hydrogen (secondary N) is 1. The summed E-state index contributed by atoms with van der Waals surface area (Å²) in [7, 11) is 0. The van der Waals surface area contributed by atoms with E-state index < -0.39 is 0 Å². The van der Waals surface area contributed by atoms with Gasteiger partial charge in [-0.15, -0.1) is 0 Å². The molecule has 0 amide bonds. The van der Waals surface area contributed by atoms with Gasteiger partial charge in [0.1, 0.15) is 5.75 Å². The van der Waals surface area contributed by atoms with Crippen LogP contribution in [0.5, 0.6) is 5.75 Å². The molecule has 1 aliphatic heterocycles. The van der Waals surface area contributed by atoms with Crippen LogP contribution < -0.4 is 15.8 Å². The smallest absolute Gasteiger partial charge is 0.123 e. The fourth-order valence-corrected chi connectivity index (χ4v) is 2.48. The molecule has 0 aliphatic carbocycles. The molecule has 4 nitrogen and oxygen atoms in total. The van der Waals surface area contributed by atoms with Crippen molar-refractivity contribution in [2.24, 2.45) is 0 Å². The summed E-state index contributed by atoms with van der Waals surface area (Å²) in [5, 5.41) is 3.41. The molecule has 112 valence electrons. The molecule has 1 heterocycles. The summed E-state index contributed by atoms with van der Waals surface area (Å²) in [5.41, 5.74) is 7.64. The zero-order chi connectivity index (χ0) is 14.4. The van der Waals surface area contributed by atoms with Crippen molar-refractivity contribution < 1.29 is 9.47 Å². The second-order valence-corrected chi connectivity index (χ2v) is 5.66. The topological polar surface area (TPSA) is 56.5 Å². The minimum absolute atomic E-state index is 0.153. The van der Waals surface area contributed by atoms with Crippen molar-refractivity contribution in [3.05, 3.63) is 18.2 Å². The third kappa shape index (κ3) is 4.93. The van der Waals surface area contributed by atoms with Gasteiger partial charge in [-0.1, -0.05) is 0 Å². The Morgan fingerprint density at radius 3 is 2.90 bits per heavy atom. The van der Waals surface area contributed by atoms with Gasteiger partial charge in [-0.05, 0) is 45.6 Å². The van der Waals surface area contributed by atoms with E-state index in [1.807, 2.05) is 32.0 Å². The highest BCUT2D eigenvalue weighted by Gasteiger charge is 2.13. The summed E-state index contributed by atoms with van der Waals surface area (Å²) in [6.45, 7) is 5.83. The molecule has 1 atom stereocenters. The molecule has 1 saturated heterocycles. The van der Waals surface area contributed by atoms with Crippen molar-refractivity contribution in [1.29, 1.82) is 0 Å². The maximum Gasteiger partial charge on any atom is 0.123 e. The lowest BCUT2D eigenvalue weighted by atomic mass is 10.1. The van der Waals surface area contributed by atoms with Crippen LogP contribution in [0.1, 0.15) is 39.5 Å². The summed E-state index contributed by atoms with van der Waals surface area (Å²) in [4.78, 5) is 0. The van der Waals surface area contributed by atoms with Gasteiger partial charge in [-0.3, -0.25) is 0 Å². The van der Waals surface area contributed by atoms with Gasteiger partial charge in [0.25, 0.3) is 0 Å². The molecule has 1 fully saturated rings. The molecule has 1 aliphatic rings.